The Hall–Kier alpha value is -2.08. The van der Waals surface area contributed by atoms with Crippen LogP contribution in [0.5, 0.6) is 11.5 Å². The molecule has 0 fully saturated rings. The number of hydrogen-bond donors (Lipinski definition) is 2. The van der Waals surface area contributed by atoms with Crippen LogP contribution >= 0.6 is 0 Å². The molecule has 2 aromatic rings. The van der Waals surface area contributed by atoms with Crippen molar-refractivity contribution < 1.29 is 19.5 Å². The van der Waals surface area contributed by atoms with Crippen LogP contribution in [0.4, 0.5) is 0 Å². The van der Waals surface area contributed by atoms with Crippen LogP contribution < -0.4 is 0 Å². The lowest BCUT2D eigenvalue weighted by Gasteiger charge is -2.08. The van der Waals surface area contributed by atoms with Crippen molar-refractivity contribution in [2.45, 2.75) is 25.9 Å². The molecule has 1 aromatic carbocycles. The quantitative estimate of drug-likeness (QED) is 0.863. The van der Waals surface area contributed by atoms with Crippen molar-refractivity contribution >= 4 is 0 Å². The number of rotatable bonds is 5. The SMILES string of the molecule is CCCC(OC)c1noc(-c2ccc(O)cc2O)n1. The lowest BCUT2D eigenvalue weighted by molar-refractivity contribution is 0.0854. The number of aromatic hydroxyl groups is 2. The van der Waals surface area contributed by atoms with Gasteiger partial charge in [-0.25, -0.2) is 0 Å². The number of ether oxygens (including phenoxy) is 1. The van der Waals surface area contributed by atoms with Gasteiger partial charge < -0.3 is 19.5 Å². The first-order valence-electron chi connectivity index (χ1n) is 6.04. The Balaban J connectivity index is 2.29. The van der Waals surface area contributed by atoms with Gasteiger partial charge in [0.05, 0.1) is 5.56 Å². The first kappa shape index (κ1) is 13.4. The van der Waals surface area contributed by atoms with Crippen molar-refractivity contribution in [2.75, 3.05) is 7.11 Å². The third-order valence-electron chi connectivity index (χ3n) is 2.78. The second-order valence-corrected chi connectivity index (χ2v) is 4.17. The summed E-state index contributed by atoms with van der Waals surface area (Å²) in [7, 11) is 1.59. The molecule has 19 heavy (non-hydrogen) atoms. The van der Waals surface area contributed by atoms with Crippen LogP contribution in [0.25, 0.3) is 11.5 Å². The first-order valence-corrected chi connectivity index (χ1v) is 6.04. The molecule has 0 radical (unpaired) electrons. The Labute approximate surface area is 110 Å². The molecule has 2 N–H and O–H groups in total. The van der Waals surface area contributed by atoms with E-state index < -0.39 is 0 Å². The number of hydrogen-bond acceptors (Lipinski definition) is 6. The third kappa shape index (κ3) is 2.85. The van der Waals surface area contributed by atoms with E-state index in [1.165, 1.54) is 18.2 Å². The highest BCUT2D eigenvalue weighted by Gasteiger charge is 2.19. The molecule has 0 saturated carbocycles. The van der Waals surface area contributed by atoms with Gasteiger partial charge in [0.2, 0.25) is 5.82 Å². The molecule has 1 unspecified atom stereocenters. The molecule has 1 atom stereocenters. The van der Waals surface area contributed by atoms with E-state index in [0.29, 0.717) is 11.4 Å². The fourth-order valence-electron chi connectivity index (χ4n) is 1.79. The Morgan fingerprint density at radius 1 is 1.37 bits per heavy atom. The van der Waals surface area contributed by atoms with Crippen LogP contribution in [0.3, 0.4) is 0 Å². The molecule has 0 aliphatic rings. The molecule has 0 spiro atoms. The molecule has 6 heteroatoms. The lowest BCUT2D eigenvalue weighted by atomic mass is 10.2. The van der Waals surface area contributed by atoms with Gasteiger partial charge in [0, 0.05) is 13.2 Å². The maximum absolute atomic E-state index is 9.73. The van der Waals surface area contributed by atoms with Gasteiger partial charge in [-0.15, -0.1) is 0 Å². The molecule has 102 valence electrons. The van der Waals surface area contributed by atoms with Gasteiger partial charge in [-0.1, -0.05) is 18.5 Å². The van der Waals surface area contributed by atoms with E-state index in [1.54, 1.807) is 7.11 Å². The van der Waals surface area contributed by atoms with Crippen LogP contribution in [0.2, 0.25) is 0 Å². The van der Waals surface area contributed by atoms with Gasteiger partial charge in [-0.2, -0.15) is 4.98 Å². The summed E-state index contributed by atoms with van der Waals surface area (Å²) in [6.07, 6.45) is 1.51. The Kier molecular flexibility index (Phi) is 4.01. The lowest BCUT2D eigenvalue weighted by Crippen LogP contribution is -2.03. The van der Waals surface area contributed by atoms with Crippen LogP contribution in [-0.4, -0.2) is 27.5 Å². The number of phenols is 2. The Bertz CT molecular complexity index is 553. The number of benzene rings is 1. The largest absolute Gasteiger partial charge is 0.508 e. The van der Waals surface area contributed by atoms with Gasteiger partial charge in [0.1, 0.15) is 17.6 Å². The standard InChI is InChI=1S/C13H16N2O4/c1-3-4-11(18-2)12-14-13(19-15-12)9-6-5-8(16)7-10(9)17/h5-7,11,16-17H,3-4H2,1-2H3. The second-order valence-electron chi connectivity index (χ2n) is 4.17. The fourth-order valence-corrected chi connectivity index (χ4v) is 1.79. The van der Waals surface area contributed by atoms with E-state index in [2.05, 4.69) is 10.1 Å². The summed E-state index contributed by atoms with van der Waals surface area (Å²) >= 11 is 0. The van der Waals surface area contributed by atoms with E-state index >= 15 is 0 Å². The average Bonchev–Trinajstić information content (AvgIpc) is 2.85. The maximum Gasteiger partial charge on any atom is 0.261 e. The van der Waals surface area contributed by atoms with Crippen molar-refractivity contribution in [3.05, 3.63) is 24.0 Å². The highest BCUT2D eigenvalue weighted by atomic mass is 16.5. The molecule has 0 saturated heterocycles. The summed E-state index contributed by atoms with van der Waals surface area (Å²) in [4.78, 5) is 4.22. The molecule has 0 bridgehead atoms. The minimum Gasteiger partial charge on any atom is -0.508 e. The Morgan fingerprint density at radius 3 is 2.79 bits per heavy atom. The van der Waals surface area contributed by atoms with Crippen molar-refractivity contribution in [1.82, 2.24) is 10.1 Å². The summed E-state index contributed by atoms with van der Waals surface area (Å²) in [5.74, 6) is 0.513. The van der Waals surface area contributed by atoms with Crippen LogP contribution in [0.1, 0.15) is 31.7 Å². The van der Waals surface area contributed by atoms with Crippen molar-refractivity contribution in [1.29, 1.82) is 0 Å². The summed E-state index contributed by atoms with van der Waals surface area (Å²) in [5.41, 5.74) is 0.378. The molecule has 2 rings (SSSR count). The number of aromatic nitrogens is 2. The van der Waals surface area contributed by atoms with E-state index in [1.807, 2.05) is 6.92 Å². The summed E-state index contributed by atoms with van der Waals surface area (Å²) in [6.45, 7) is 2.04. The zero-order valence-corrected chi connectivity index (χ0v) is 10.8. The van der Waals surface area contributed by atoms with Gasteiger partial charge in [-0.05, 0) is 18.6 Å². The summed E-state index contributed by atoms with van der Waals surface area (Å²) < 4.78 is 10.4. The van der Waals surface area contributed by atoms with Crippen molar-refractivity contribution in [3.8, 4) is 23.0 Å². The van der Waals surface area contributed by atoms with E-state index in [9.17, 15) is 10.2 Å². The highest BCUT2D eigenvalue weighted by Crippen LogP contribution is 2.32. The number of methoxy groups -OCH3 is 1. The molecule has 1 heterocycles. The molecular formula is C13H16N2O4. The van der Waals surface area contributed by atoms with Gasteiger partial charge in [0.25, 0.3) is 5.89 Å². The molecular weight excluding hydrogens is 248 g/mol. The van der Waals surface area contributed by atoms with Crippen molar-refractivity contribution in [3.63, 3.8) is 0 Å². The van der Waals surface area contributed by atoms with E-state index in [-0.39, 0.29) is 23.5 Å². The maximum atomic E-state index is 9.73. The van der Waals surface area contributed by atoms with Crippen LogP contribution in [-0.2, 0) is 4.74 Å². The predicted octanol–water partition coefficient (Wildman–Crippen LogP) is 2.64. The minimum absolute atomic E-state index is 0.0262. The Morgan fingerprint density at radius 2 is 2.16 bits per heavy atom. The van der Waals surface area contributed by atoms with Gasteiger partial charge >= 0.3 is 0 Å². The van der Waals surface area contributed by atoms with Crippen LogP contribution in [0.15, 0.2) is 22.7 Å². The summed E-state index contributed by atoms with van der Waals surface area (Å²) in [6, 6.07) is 4.18. The zero-order valence-electron chi connectivity index (χ0n) is 10.8. The smallest absolute Gasteiger partial charge is 0.261 e. The van der Waals surface area contributed by atoms with E-state index in [0.717, 1.165) is 12.8 Å². The first-order chi connectivity index (χ1) is 9.15. The monoisotopic (exact) mass is 264 g/mol. The molecule has 6 nitrogen and oxygen atoms in total. The summed E-state index contributed by atoms with van der Waals surface area (Å²) in [5, 5.41) is 22.8. The zero-order chi connectivity index (χ0) is 13.8. The third-order valence-corrected chi connectivity index (χ3v) is 2.78. The van der Waals surface area contributed by atoms with Gasteiger partial charge in [-0.3, -0.25) is 0 Å². The molecule has 1 aromatic heterocycles. The number of phenolic OH excluding ortho intramolecular Hbond substituents is 2. The topological polar surface area (TPSA) is 88.6 Å². The molecule has 0 aliphatic heterocycles. The van der Waals surface area contributed by atoms with Gasteiger partial charge in [0.15, 0.2) is 0 Å². The predicted molar refractivity (Wildman–Crippen MR) is 67.7 cm³/mol. The van der Waals surface area contributed by atoms with Crippen molar-refractivity contribution in [2.24, 2.45) is 0 Å². The molecule has 0 amide bonds. The molecule has 0 aliphatic carbocycles. The number of nitrogens with zero attached hydrogens (tertiary/aromatic N) is 2. The second kappa shape index (κ2) is 5.71. The fraction of sp³-hybridized carbons (Fsp3) is 0.385. The van der Waals surface area contributed by atoms with E-state index in [4.69, 9.17) is 9.26 Å². The normalized spacial score (nSPS) is 12.5. The minimum atomic E-state index is -0.221. The highest BCUT2D eigenvalue weighted by molar-refractivity contribution is 5.63. The average molecular weight is 264 g/mol. The van der Waals surface area contributed by atoms with Crippen LogP contribution in [0, 0.1) is 0 Å².